The molecule has 5 heteroatoms. The number of hydrogen-bond acceptors (Lipinski definition) is 4. The molecule has 0 atom stereocenters. The fraction of sp³-hybridized carbons (Fsp3) is 0.375. The number of esters is 1. The molecule has 0 saturated carbocycles. The maximum atomic E-state index is 12.1. The second-order valence-electron chi connectivity index (χ2n) is 4.84. The van der Waals surface area contributed by atoms with Crippen LogP contribution in [0.2, 0.25) is 0 Å². The van der Waals surface area contributed by atoms with Crippen LogP contribution < -0.4 is 5.32 Å². The number of nitrogens with zero attached hydrogens (tertiary/aromatic N) is 1. The molecule has 1 aromatic carbocycles. The molecule has 112 valence electrons. The molecule has 0 spiro atoms. The molecule has 0 fully saturated rings. The zero-order valence-corrected chi connectivity index (χ0v) is 12.4. The van der Waals surface area contributed by atoms with E-state index in [1.54, 1.807) is 14.0 Å². The molecular formula is C16H20N2O3. The van der Waals surface area contributed by atoms with Gasteiger partial charge in [-0.1, -0.05) is 30.3 Å². The number of rotatable bonds is 5. The number of allylic oxidation sites excluding steroid dienone is 1. The molecule has 2 rings (SSSR count). The summed E-state index contributed by atoms with van der Waals surface area (Å²) in [6.45, 7) is 2.65. The van der Waals surface area contributed by atoms with Gasteiger partial charge in [0, 0.05) is 25.7 Å². The van der Waals surface area contributed by atoms with E-state index in [1.165, 1.54) is 4.90 Å². The zero-order chi connectivity index (χ0) is 15.2. The summed E-state index contributed by atoms with van der Waals surface area (Å²) in [4.78, 5) is 25.2. The number of nitrogens with one attached hydrogen (secondary N) is 1. The fourth-order valence-corrected chi connectivity index (χ4v) is 2.28. The third kappa shape index (κ3) is 3.62. The Hall–Kier alpha value is -2.30. The molecule has 5 nitrogen and oxygen atoms in total. The van der Waals surface area contributed by atoms with Crippen molar-refractivity contribution in [2.75, 3.05) is 13.7 Å². The van der Waals surface area contributed by atoms with Gasteiger partial charge in [-0.15, -0.1) is 0 Å². The number of benzene rings is 1. The largest absolute Gasteiger partial charge is 0.461 e. The molecular weight excluding hydrogens is 268 g/mol. The molecule has 21 heavy (non-hydrogen) atoms. The van der Waals surface area contributed by atoms with Gasteiger partial charge in [-0.2, -0.15) is 0 Å². The SMILES string of the molecule is CCOC(=O)C1=C(NCc2ccccc2)CCC(=O)N1C. The average molecular weight is 288 g/mol. The van der Waals surface area contributed by atoms with E-state index in [2.05, 4.69) is 5.32 Å². The van der Waals surface area contributed by atoms with Crippen LogP contribution in [0.15, 0.2) is 41.7 Å². The van der Waals surface area contributed by atoms with Crippen LogP contribution in [-0.4, -0.2) is 30.4 Å². The fourth-order valence-electron chi connectivity index (χ4n) is 2.28. The molecule has 0 aliphatic carbocycles. The van der Waals surface area contributed by atoms with Gasteiger partial charge in [0.05, 0.1) is 6.61 Å². The highest BCUT2D eigenvalue weighted by Gasteiger charge is 2.29. The van der Waals surface area contributed by atoms with Gasteiger partial charge in [0.2, 0.25) is 5.91 Å². The number of carbonyl (C=O) groups is 2. The minimum Gasteiger partial charge on any atom is -0.461 e. The summed E-state index contributed by atoms with van der Waals surface area (Å²) in [5.41, 5.74) is 2.20. The standard InChI is InChI=1S/C16H20N2O3/c1-3-21-16(20)15-13(9-10-14(19)18(15)2)17-11-12-7-5-4-6-8-12/h4-8,17H,3,9-11H2,1-2H3. The minimum absolute atomic E-state index is 0.0664. The summed E-state index contributed by atoms with van der Waals surface area (Å²) in [6.07, 6.45) is 0.931. The van der Waals surface area contributed by atoms with E-state index in [-0.39, 0.29) is 12.5 Å². The number of likely N-dealkylation sites (N-methyl/N-ethyl adjacent to an activating group) is 1. The molecule has 0 aromatic heterocycles. The lowest BCUT2D eigenvalue weighted by Crippen LogP contribution is -2.38. The summed E-state index contributed by atoms with van der Waals surface area (Å²) in [5.74, 6) is -0.521. The molecule has 1 aliphatic rings. The quantitative estimate of drug-likeness (QED) is 0.839. The van der Waals surface area contributed by atoms with Crippen LogP contribution in [0.4, 0.5) is 0 Å². The second-order valence-corrected chi connectivity index (χ2v) is 4.84. The molecule has 0 saturated heterocycles. The molecule has 1 aliphatic heterocycles. The summed E-state index contributed by atoms with van der Waals surface area (Å²) in [7, 11) is 1.61. The van der Waals surface area contributed by atoms with Crippen molar-refractivity contribution in [1.82, 2.24) is 10.2 Å². The van der Waals surface area contributed by atoms with E-state index in [0.29, 0.717) is 25.1 Å². The highest BCUT2D eigenvalue weighted by Crippen LogP contribution is 2.21. The van der Waals surface area contributed by atoms with Crippen molar-refractivity contribution in [3.8, 4) is 0 Å². The van der Waals surface area contributed by atoms with Crippen molar-refractivity contribution in [2.45, 2.75) is 26.3 Å². The zero-order valence-electron chi connectivity index (χ0n) is 12.4. The van der Waals surface area contributed by atoms with Gasteiger partial charge < -0.3 is 15.0 Å². The Morgan fingerprint density at radius 3 is 2.67 bits per heavy atom. The van der Waals surface area contributed by atoms with E-state index in [0.717, 1.165) is 11.3 Å². The van der Waals surface area contributed by atoms with Gasteiger partial charge in [-0.05, 0) is 18.9 Å². The molecule has 0 radical (unpaired) electrons. The van der Waals surface area contributed by atoms with Crippen molar-refractivity contribution in [1.29, 1.82) is 0 Å². The first-order valence-electron chi connectivity index (χ1n) is 7.08. The van der Waals surface area contributed by atoms with Crippen molar-refractivity contribution >= 4 is 11.9 Å². The van der Waals surface area contributed by atoms with E-state index < -0.39 is 5.97 Å². The monoisotopic (exact) mass is 288 g/mol. The predicted octanol–water partition coefficient (Wildman–Crippen LogP) is 1.80. The highest BCUT2D eigenvalue weighted by atomic mass is 16.5. The van der Waals surface area contributed by atoms with Gasteiger partial charge in [0.15, 0.2) is 0 Å². The maximum absolute atomic E-state index is 12.1. The smallest absolute Gasteiger partial charge is 0.356 e. The van der Waals surface area contributed by atoms with Crippen LogP contribution in [0.1, 0.15) is 25.3 Å². The van der Waals surface area contributed by atoms with Crippen molar-refractivity contribution in [3.05, 3.63) is 47.3 Å². The molecule has 1 aromatic rings. The van der Waals surface area contributed by atoms with Crippen molar-refractivity contribution in [3.63, 3.8) is 0 Å². The van der Waals surface area contributed by atoms with Crippen LogP contribution in [0.25, 0.3) is 0 Å². The molecule has 0 unspecified atom stereocenters. The Morgan fingerprint density at radius 1 is 1.29 bits per heavy atom. The summed E-state index contributed by atoms with van der Waals surface area (Å²) < 4.78 is 5.05. The van der Waals surface area contributed by atoms with Gasteiger partial charge in [-0.25, -0.2) is 4.79 Å². The van der Waals surface area contributed by atoms with Crippen molar-refractivity contribution < 1.29 is 14.3 Å². The van der Waals surface area contributed by atoms with Gasteiger partial charge in [0.25, 0.3) is 0 Å². The van der Waals surface area contributed by atoms with Gasteiger partial charge in [0.1, 0.15) is 5.70 Å². The average Bonchev–Trinajstić information content (AvgIpc) is 2.49. The second kappa shape index (κ2) is 6.92. The van der Waals surface area contributed by atoms with Gasteiger partial charge >= 0.3 is 5.97 Å². The van der Waals surface area contributed by atoms with E-state index in [9.17, 15) is 9.59 Å². The van der Waals surface area contributed by atoms with Crippen LogP contribution in [-0.2, 0) is 20.9 Å². The Kier molecular flexibility index (Phi) is 4.98. The number of amides is 1. The Balaban J connectivity index is 2.18. The Bertz CT molecular complexity index is 552. The van der Waals surface area contributed by atoms with E-state index in [1.807, 2.05) is 30.3 Å². The lowest BCUT2D eigenvalue weighted by molar-refractivity contribution is -0.144. The molecule has 1 heterocycles. The summed E-state index contributed by atoms with van der Waals surface area (Å²) >= 11 is 0. The lowest BCUT2D eigenvalue weighted by Gasteiger charge is -2.28. The van der Waals surface area contributed by atoms with E-state index in [4.69, 9.17) is 4.74 Å². The first-order valence-corrected chi connectivity index (χ1v) is 7.08. The van der Waals surface area contributed by atoms with Crippen LogP contribution in [0, 0.1) is 0 Å². The Morgan fingerprint density at radius 2 is 2.00 bits per heavy atom. The lowest BCUT2D eigenvalue weighted by atomic mass is 10.1. The molecule has 0 bridgehead atoms. The number of ether oxygens (including phenoxy) is 1. The molecule has 1 N–H and O–H groups in total. The van der Waals surface area contributed by atoms with Crippen molar-refractivity contribution in [2.24, 2.45) is 0 Å². The topological polar surface area (TPSA) is 58.6 Å². The van der Waals surface area contributed by atoms with Crippen LogP contribution >= 0.6 is 0 Å². The van der Waals surface area contributed by atoms with Crippen LogP contribution in [0.5, 0.6) is 0 Å². The first kappa shape index (κ1) is 15.1. The normalized spacial score (nSPS) is 15.1. The number of carbonyl (C=O) groups excluding carboxylic acids is 2. The Labute approximate surface area is 124 Å². The maximum Gasteiger partial charge on any atom is 0.356 e. The predicted molar refractivity (Wildman–Crippen MR) is 78.9 cm³/mol. The first-order chi connectivity index (χ1) is 10.1. The molecule has 1 amide bonds. The van der Waals surface area contributed by atoms with E-state index >= 15 is 0 Å². The summed E-state index contributed by atoms with van der Waals surface area (Å²) in [6, 6.07) is 9.91. The third-order valence-corrected chi connectivity index (χ3v) is 3.40. The number of hydrogen-bond donors (Lipinski definition) is 1. The van der Waals surface area contributed by atoms with Crippen LogP contribution in [0.3, 0.4) is 0 Å². The third-order valence-electron chi connectivity index (χ3n) is 3.40. The highest BCUT2D eigenvalue weighted by molar-refractivity contribution is 5.95. The summed E-state index contributed by atoms with van der Waals surface area (Å²) in [5, 5.41) is 3.26. The van der Waals surface area contributed by atoms with Gasteiger partial charge in [-0.3, -0.25) is 4.79 Å². The minimum atomic E-state index is -0.455.